The molecule has 0 aromatic heterocycles. The molecule has 4 rings (SSSR count). The number of nitrogens with two attached hydrogens (primary N) is 4. The van der Waals surface area contributed by atoms with Crippen molar-refractivity contribution in [3.05, 3.63) is 121 Å². The third-order valence-electron chi connectivity index (χ3n) is 3.20. The van der Waals surface area contributed by atoms with Crippen LogP contribution in [0.5, 0.6) is 0 Å². The van der Waals surface area contributed by atoms with Crippen molar-refractivity contribution in [3.8, 4) is 0 Å². The van der Waals surface area contributed by atoms with E-state index in [1.54, 1.807) is 0 Å². The average Bonchev–Trinajstić information content (AvgIpc) is 2.72. The number of rotatable bonds is 0. The zero-order valence-corrected chi connectivity index (χ0v) is 17.1. The fourth-order valence-electron chi connectivity index (χ4n) is 1.81. The van der Waals surface area contributed by atoms with Crippen LogP contribution in [-0.2, 0) is 0 Å². The molecular weight excluding hydrogens is 380 g/mol. The average molecular weight is 409 g/mol. The summed E-state index contributed by atoms with van der Waals surface area (Å²) in [5, 5.41) is 0. The third kappa shape index (κ3) is 15.2. The summed E-state index contributed by atoms with van der Waals surface area (Å²) in [6.07, 6.45) is 0. The van der Waals surface area contributed by atoms with Gasteiger partial charge < -0.3 is 22.9 Å². The number of anilines is 4. The van der Waals surface area contributed by atoms with Crippen LogP contribution in [0, 0.1) is 0 Å². The lowest BCUT2D eigenvalue weighted by molar-refractivity contribution is 1.69. The third-order valence-corrected chi connectivity index (χ3v) is 3.20. The Morgan fingerprint density at radius 1 is 0.276 bits per heavy atom. The fourth-order valence-corrected chi connectivity index (χ4v) is 1.81. The second-order valence-corrected chi connectivity index (χ2v) is 5.64. The summed E-state index contributed by atoms with van der Waals surface area (Å²) >= 11 is 0. The van der Waals surface area contributed by atoms with Crippen molar-refractivity contribution in [2.75, 3.05) is 22.9 Å². The molecule has 0 fully saturated rings. The minimum atomic E-state index is 0. The number of halogens is 1. The van der Waals surface area contributed by atoms with Gasteiger partial charge in [-0.3, -0.25) is 0 Å². The number of benzene rings is 4. The van der Waals surface area contributed by atoms with Gasteiger partial charge in [0.25, 0.3) is 0 Å². The molecule has 4 aromatic carbocycles. The van der Waals surface area contributed by atoms with Crippen LogP contribution in [0.1, 0.15) is 0 Å². The first kappa shape index (κ1) is 25.4. The molecule has 0 saturated heterocycles. The molecule has 0 bridgehead atoms. The molecule has 0 atom stereocenters. The Bertz CT molecular complexity index is 693. The Hall–Kier alpha value is -3.63. The highest BCUT2D eigenvalue weighted by atomic mass is 35.5. The van der Waals surface area contributed by atoms with Crippen molar-refractivity contribution in [3.63, 3.8) is 0 Å². The predicted octanol–water partition coefficient (Wildman–Crippen LogP) is 5.50. The molecule has 8 N–H and O–H groups in total. The van der Waals surface area contributed by atoms with Crippen LogP contribution in [0.4, 0.5) is 22.7 Å². The molecule has 0 aliphatic carbocycles. The van der Waals surface area contributed by atoms with E-state index in [2.05, 4.69) is 0 Å². The van der Waals surface area contributed by atoms with Gasteiger partial charge in [-0.05, 0) is 48.5 Å². The van der Waals surface area contributed by atoms with Crippen LogP contribution in [-0.4, -0.2) is 0 Å². The van der Waals surface area contributed by atoms with Gasteiger partial charge in [-0.25, -0.2) is 0 Å². The van der Waals surface area contributed by atoms with E-state index in [0.29, 0.717) is 0 Å². The van der Waals surface area contributed by atoms with Crippen LogP contribution >= 0.6 is 12.4 Å². The highest BCUT2D eigenvalue weighted by molar-refractivity contribution is 5.85. The quantitative estimate of drug-likeness (QED) is 0.288. The Labute approximate surface area is 179 Å². The largest absolute Gasteiger partial charge is 0.399 e. The van der Waals surface area contributed by atoms with E-state index in [9.17, 15) is 0 Å². The number of hydrogen-bond donors (Lipinski definition) is 4. The van der Waals surface area contributed by atoms with Gasteiger partial charge in [0, 0.05) is 22.7 Å². The molecule has 0 spiro atoms. The molecule has 0 heterocycles. The first-order valence-electron chi connectivity index (χ1n) is 8.80. The Morgan fingerprint density at radius 2 is 0.414 bits per heavy atom. The molecule has 152 valence electrons. The van der Waals surface area contributed by atoms with E-state index >= 15 is 0 Å². The number of para-hydroxylation sites is 4. The highest BCUT2D eigenvalue weighted by Gasteiger charge is 1.74. The van der Waals surface area contributed by atoms with Crippen LogP contribution in [0.15, 0.2) is 121 Å². The van der Waals surface area contributed by atoms with Crippen molar-refractivity contribution in [1.29, 1.82) is 0 Å². The molecule has 29 heavy (non-hydrogen) atoms. The van der Waals surface area contributed by atoms with Crippen LogP contribution in [0.25, 0.3) is 0 Å². The van der Waals surface area contributed by atoms with Gasteiger partial charge >= 0.3 is 0 Å². The van der Waals surface area contributed by atoms with Gasteiger partial charge in [0.05, 0.1) is 0 Å². The van der Waals surface area contributed by atoms with Crippen molar-refractivity contribution in [2.45, 2.75) is 0 Å². The summed E-state index contributed by atoms with van der Waals surface area (Å²) in [4.78, 5) is 0. The van der Waals surface area contributed by atoms with Gasteiger partial charge in [-0.1, -0.05) is 72.8 Å². The molecule has 4 aromatic rings. The van der Waals surface area contributed by atoms with E-state index in [4.69, 9.17) is 22.9 Å². The number of nitrogen functional groups attached to an aromatic ring is 4. The van der Waals surface area contributed by atoms with Crippen molar-refractivity contribution in [2.24, 2.45) is 0 Å². The van der Waals surface area contributed by atoms with E-state index in [0.717, 1.165) is 22.7 Å². The molecule has 0 amide bonds. The first-order valence-corrected chi connectivity index (χ1v) is 8.80. The summed E-state index contributed by atoms with van der Waals surface area (Å²) in [6, 6.07) is 37.9. The molecule has 0 aliphatic rings. The van der Waals surface area contributed by atoms with Gasteiger partial charge in [-0.2, -0.15) is 0 Å². The molecule has 0 unspecified atom stereocenters. The minimum Gasteiger partial charge on any atom is -0.399 e. The molecule has 4 nitrogen and oxygen atoms in total. The maximum Gasteiger partial charge on any atom is 0.0313 e. The topological polar surface area (TPSA) is 104 Å². The second kappa shape index (κ2) is 16.5. The van der Waals surface area contributed by atoms with E-state index in [1.165, 1.54) is 0 Å². The lowest BCUT2D eigenvalue weighted by atomic mass is 10.3. The van der Waals surface area contributed by atoms with E-state index < -0.39 is 0 Å². The summed E-state index contributed by atoms with van der Waals surface area (Å²) in [5.74, 6) is 0. The fraction of sp³-hybridized carbons (Fsp3) is 0. The van der Waals surface area contributed by atoms with Crippen LogP contribution in [0.2, 0.25) is 0 Å². The Morgan fingerprint density at radius 3 is 0.483 bits per heavy atom. The summed E-state index contributed by atoms with van der Waals surface area (Å²) in [5.41, 5.74) is 24.7. The maximum atomic E-state index is 5.36. The second-order valence-electron chi connectivity index (χ2n) is 5.64. The lowest BCUT2D eigenvalue weighted by Crippen LogP contribution is -1.79. The van der Waals surface area contributed by atoms with Gasteiger partial charge in [0.1, 0.15) is 0 Å². The molecule has 5 heteroatoms. The zero-order valence-electron chi connectivity index (χ0n) is 16.3. The Balaban J connectivity index is 0.000000356. The van der Waals surface area contributed by atoms with Crippen LogP contribution in [0.3, 0.4) is 0 Å². The minimum absolute atomic E-state index is 0. The summed E-state index contributed by atoms with van der Waals surface area (Å²) < 4.78 is 0. The normalized spacial score (nSPS) is 8.28. The van der Waals surface area contributed by atoms with Crippen molar-refractivity contribution < 1.29 is 0 Å². The highest BCUT2D eigenvalue weighted by Crippen LogP contribution is 1.97. The Kier molecular flexibility index (Phi) is 14.5. The van der Waals surface area contributed by atoms with Gasteiger partial charge in [0.15, 0.2) is 0 Å². The smallest absolute Gasteiger partial charge is 0.0313 e. The van der Waals surface area contributed by atoms with Gasteiger partial charge in [0.2, 0.25) is 0 Å². The summed E-state index contributed by atoms with van der Waals surface area (Å²) in [6.45, 7) is 0. The molecule has 0 radical (unpaired) electrons. The standard InChI is InChI=1S/4C6H7N.ClH/c4*7-6-4-2-1-3-5-6;/h4*1-5H,7H2;1H. The molecular formula is C24H29ClN4. The lowest BCUT2D eigenvalue weighted by Gasteiger charge is -1.83. The van der Waals surface area contributed by atoms with E-state index in [-0.39, 0.29) is 12.4 Å². The first-order chi connectivity index (χ1) is 13.6. The zero-order chi connectivity index (χ0) is 20.5. The SMILES string of the molecule is Cl.Nc1ccccc1.Nc1ccccc1.Nc1ccccc1.Nc1ccccc1. The maximum absolute atomic E-state index is 5.36. The van der Waals surface area contributed by atoms with Gasteiger partial charge in [-0.15, -0.1) is 12.4 Å². The number of hydrogen-bond acceptors (Lipinski definition) is 4. The molecule has 0 saturated carbocycles. The summed E-state index contributed by atoms with van der Waals surface area (Å²) in [7, 11) is 0. The van der Waals surface area contributed by atoms with Crippen molar-refractivity contribution in [1.82, 2.24) is 0 Å². The predicted molar refractivity (Wildman–Crippen MR) is 131 cm³/mol. The molecule has 0 aliphatic heterocycles. The van der Waals surface area contributed by atoms with Crippen molar-refractivity contribution >= 4 is 35.2 Å². The monoisotopic (exact) mass is 408 g/mol. The van der Waals surface area contributed by atoms with E-state index in [1.807, 2.05) is 121 Å². The van der Waals surface area contributed by atoms with Crippen LogP contribution < -0.4 is 22.9 Å².